The van der Waals surface area contributed by atoms with Gasteiger partial charge in [0.25, 0.3) is 5.69 Å². The fourth-order valence-corrected chi connectivity index (χ4v) is 1.95. The molecule has 1 rings (SSSR count). The molecule has 0 spiro atoms. The lowest BCUT2D eigenvalue weighted by Gasteiger charge is -2.14. The van der Waals surface area contributed by atoms with Gasteiger partial charge in [-0.25, -0.2) is 0 Å². The zero-order chi connectivity index (χ0) is 13.7. The Morgan fingerprint density at radius 1 is 1.50 bits per heavy atom. The third-order valence-electron chi connectivity index (χ3n) is 2.65. The second kappa shape index (κ2) is 6.12. The molecule has 1 aromatic rings. The van der Waals surface area contributed by atoms with E-state index in [0.29, 0.717) is 12.3 Å². The quantitative estimate of drug-likeness (QED) is 0.638. The smallest absolute Gasteiger partial charge is 0.287 e. The average Bonchev–Trinajstić information content (AvgIpc) is 2.27. The van der Waals surface area contributed by atoms with E-state index in [9.17, 15) is 10.1 Å². The number of nitrogens with two attached hydrogens (primary N) is 1. The van der Waals surface area contributed by atoms with Crippen LogP contribution in [0.4, 0.5) is 5.69 Å². The zero-order valence-electron chi connectivity index (χ0n) is 10.6. The zero-order valence-corrected chi connectivity index (χ0v) is 10.6. The largest absolute Gasteiger partial charge is 0.327 e. The van der Waals surface area contributed by atoms with E-state index < -0.39 is 4.92 Å². The van der Waals surface area contributed by atoms with Gasteiger partial charge >= 0.3 is 0 Å². The van der Waals surface area contributed by atoms with E-state index in [2.05, 4.69) is 13.8 Å². The predicted octanol–water partition coefficient (Wildman–Crippen LogP) is 2.38. The molecule has 96 valence electrons. The van der Waals surface area contributed by atoms with Crippen LogP contribution >= 0.6 is 0 Å². The second-order valence-electron chi connectivity index (χ2n) is 4.81. The number of nitro benzene ring substituents is 1. The molecule has 0 saturated carbocycles. The Bertz CT molecular complexity index is 478. The first-order valence-electron chi connectivity index (χ1n) is 5.87. The highest BCUT2D eigenvalue weighted by Gasteiger charge is 2.15. The Balaban J connectivity index is 2.87. The maximum absolute atomic E-state index is 10.7. The van der Waals surface area contributed by atoms with Crippen molar-refractivity contribution >= 4 is 5.69 Å². The van der Waals surface area contributed by atoms with Crippen molar-refractivity contribution in [1.29, 1.82) is 5.26 Å². The lowest BCUT2D eigenvalue weighted by atomic mass is 9.97. The van der Waals surface area contributed by atoms with Gasteiger partial charge in [0.15, 0.2) is 0 Å². The normalized spacial score (nSPS) is 12.2. The van der Waals surface area contributed by atoms with Gasteiger partial charge < -0.3 is 5.73 Å². The van der Waals surface area contributed by atoms with Crippen LogP contribution in [-0.2, 0) is 6.42 Å². The van der Waals surface area contributed by atoms with Crippen LogP contribution in [0.25, 0.3) is 0 Å². The molecule has 5 nitrogen and oxygen atoms in total. The molecule has 1 aromatic carbocycles. The fraction of sp³-hybridized carbons (Fsp3) is 0.462. The van der Waals surface area contributed by atoms with Gasteiger partial charge in [-0.2, -0.15) is 5.26 Å². The molecule has 0 aliphatic heterocycles. The minimum Gasteiger partial charge on any atom is -0.327 e. The number of hydrogen-bond donors (Lipinski definition) is 1. The van der Waals surface area contributed by atoms with E-state index in [1.165, 1.54) is 6.07 Å². The molecule has 0 saturated heterocycles. The highest BCUT2D eigenvalue weighted by Crippen LogP contribution is 2.20. The highest BCUT2D eigenvalue weighted by atomic mass is 16.6. The van der Waals surface area contributed by atoms with E-state index in [4.69, 9.17) is 11.0 Å². The summed E-state index contributed by atoms with van der Waals surface area (Å²) in [5.41, 5.74) is 6.78. The molecule has 1 unspecified atom stereocenters. The molecule has 18 heavy (non-hydrogen) atoms. The molecule has 0 radical (unpaired) electrons. The molecular formula is C13H17N3O2. The third-order valence-corrected chi connectivity index (χ3v) is 2.65. The first kappa shape index (κ1) is 14.1. The van der Waals surface area contributed by atoms with Crippen LogP contribution < -0.4 is 5.73 Å². The van der Waals surface area contributed by atoms with Gasteiger partial charge in [-0.1, -0.05) is 19.9 Å². The van der Waals surface area contributed by atoms with Gasteiger partial charge in [-0.05, 0) is 30.4 Å². The lowest BCUT2D eigenvalue weighted by molar-refractivity contribution is -0.385. The third kappa shape index (κ3) is 3.82. The Hall–Kier alpha value is -1.93. The minimum atomic E-state index is -0.545. The summed E-state index contributed by atoms with van der Waals surface area (Å²) in [5, 5.41) is 19.6. The van der Waals surface area contributed by atoms with E-state index in [1.54, 1.807) is 12.1 Å². The van der Waals surface area contributed by atoms with Gasteiger partial charge in [-0.15, -0.1) is 0 Å². The summed E-state index contributed by atoms with van der Waals surface area (Å²) >= 11 is 0. The Labute approximate surface area is 106 Å². The molecule has 0 fully saturated rings. The molecular weight excluding hydrogens is 230 g/mol. The van der Waals surface area contributed by atoms with Crippen molar-refractivity contribution in [2.45, 2.75) is 32.7 Å². The van der Waals surface area contributed by atoms with Crippen LogP contribution in [-0.4, -0.2) is 11.0 Å². The topological polar surface area (TPSA) is 92.9 Å². The van der Waals surface area contributed by atoms with E-state index in [0.717, 1.165) is 12.0 Å². The van der Waals surface area contributed by atoms with Gasteiger partial charge in [0, 0.05) is 12.1 Å². The summed E-state index contributed by atoms with van der Waals surface area (Å²) in [7, 11) is 0. The molecule has 0 amide bonds. The number of nitrogens with zero attached hydrogens (tertiary/aromatic N) is 2. The van der Waals surface area contributed by atoms with Crippen molar-refractivity contribution in [1.82, 2.24) is 0 Å². The molecule has 1 atom stereocenters. The standard InChI is InChI=1S/C13H17N3O2/c1-9(2)5-12(15)7-10-3-4-13(16(17)18)11(6-10)8-14/h3-4,6,9,12H,5,7,15H2,1-2H3. The maximum Gasteiger partial charge on any atom is 0.287 e. The van der Waals surface area contributed by atoms with Crippen molar-refractivity contribution < 1.29 is 4.92 Å². The van der Waals surface area contributed by atoms with Gasteiger partial charge in [0.05, 0.1) is 4.92 Å². The SMILES string of the molecule is CC(C)CC(N)Cc1ccc([N+](=O)[O-])c(C#N)c1. The molecule has 0 aliphatic rings. The molecule has 0 aromatic heterocycles. The van der Waals surface area contributed by atoms with Crippen LogP contribution in [0.3, 0.4) is 0 Å². The van der Waals surface area contributed by atoms with Crippen LogP contribution in [0.2, 0.25) is 0 Å². The number of benzene rings is 1. The molecule has 2 N–H and O–H groups in total. The van der Waals surface area contributed by atoms with Crippen LogP contribution in [0.15, 0.2) is 18.2 Å². The van der Waals surface area contributed by atoms with Crippen molar-refractivity contribution in [3.63, 3.8) is 0 Å². The summed E-state index contributed by atoms with van der Waals surface area (Å²) in [6.45, 7) is 4.19. The fourth-order valence-electron chi connectivity index (χ4n) is 1.95. The van der Waals surface area contributed by atoms with E-state index in [-0.39, 0.29) is 17.3 Å². The minimum absolute atomic E-state index is 0.0120. The summed E-state index contributed by atoms with van der Waals surface area (Å²) in [6.07, 6.45) is 1.52. The van der Waals surface area contributed by atoms with Crippen molar-refractivity contribution in [2.75, 3.05) is 0 Å². The van der Waals surface area contributed by atoms with Crippen LogP contribution in [0.5, 0.6) is 0 Å². The molecule has 0 bridgehead atoms. The summed E-state index contributed by atoms with van der Waals surface area (Å²) in [5.74, 6) is 0.508. The number of hydrogen-bond acceptors (Lipinski definition) is 4. The monoisotopic (exact) mass is 247 g/mol. The maximum atomic E-state index is 10.7. The van der Waals surface area contributed by atoms with Crippen LogP contribution in [0, 0.1) is 27.4 Å². The van der Waals surface area contributed by atoms with Crippen molar-refractivity contribution in [3.8, 4) is 6.07 Å². The Kier molecular flexibility index (Phi) is 4.81. The Morgan fingerprint density at radius 2 is 2.17 bits per heavy atom. The summed E-state index contributed by atoms with van der Waals surface area (Å²) < 4.78 is 0. The number of nitro groups is 1. The van der Waals surface area contributed by atoms with Gasteiger partial charge in [0.1, 0.15) is 11.6 Å². The average molecular weight is 247 g/mol. The van der Waals surface area contributed by atoms with E-state index >= 15 is 0 Å². The Morgan fingerprint density at radius 3 is 2.67 bits per heavy atom. The lowest BCUT2D eigenvalue weighted by Crippen LogP contribution is -2.24. The highest BCUT2D eigenvalue weighted by molar-refractivity contribution is 5.50. The summed E-state index contributed by atoms with van der Waals surface area (Å²) in [6, 6.07) is 6.45. The predicted molar refractivity (Wildman–Crippen MR) is 68.9 cm³/mol. The van der Waals surface area contributed by atoms with Crippen LogP contribution in [0.1, 0.15) is 31.4 Å². The van der Waals surface area contributed by atoms with E-state index in [1.807, 2.05) is 6.07 Å². The molecule has 0 aliphatic carbocycles. The van der Waals surface area contributed by atoms with Crippen molar-refractivity contribution in [3.05, 3.63) is 39.4 Å². The second-order valence-corrected chi connectivity index (χ2v) is 4.81. The first-order valence-corrected chi connectivity index (χ1v) is 5.87. The van der Waals surface area contributed by atoms with Gasteiger partial charge in [0.2, 0.25) is 0 Å². The number of nitriles is 1. The summed E-state index contributed by atoms with van der Waals surface area (Å²) in [4.78, 5) is 10.1. The molecule has 0 heterocycles. The number of rotatable bonds is 5. The molecule has 5 heteroatoms. The van der Waals surface area contributed by atoms with Crippen molar-refractivity contribution in [2.24, 2.45) is 11.7 Å². The first-order chi connectivity index (χ1) is 8.43. The van der Waals surface area contributed by atoms with Gasteiger partial charge in [-0.3, -0.25) is 10.1 Å².